The van der Waals surface area contributed by atoms with Gasteiger partial charge in [-0.1, -0.05) is 6.92 Å². The number of piperidine rings is 1. The van der Waals surface area contributed by atoms with Gasteiger partial charge in [-0.3, -0.25) is 20.7 Å². The molecule has 8 nitrogen and oxygen atoms in total. The fourth-order valence-corrected chi connectivity index (χ4v) is 7.37. The zero-order valence-corrected chi connectivity index (χ0v) is 21.3. The normalized spacial score (nSPS) is 45.5. The number of hydrogen-bond donors (Lipinski definition) is 6. The average molecular weight is 477 g/mol. The number of hydrogen-bond acceptors (Lipinski definition) is 7. The number of amides is 1. The molecule has 2 aliphatic carbocycles. The minimum atomic E-state index is -0.0390. The highest BCUT2D eigenvalue weighted by molar-refractivity contribution is 5.82. The molecule has 10 atom stereocenters. The molecule has 8 heteroatoms. The van der Waals surface area contributed by atoms with Gasteiger partial charge < -0.3 is 20.7 Å². The molecule has 0 aromatic rings. The highest BCUT2D eigenvalue weighted by Crippen LogP contribution is 2.35. The molecular weight excluding hydrogens is 428 g/mol. The summed E-state index contributed by atoms with van der Waals surface area (Å²) in [4.78, 5) is 13.1. The van der Waals surface area contributed by atoms with Gasteiger partial charge in [0.2, 0.25) is 5.91 Å². The molecule has 5 rings (SSSR count). The Hall–Kier alpha value is -0.770. The molecule has 5 fully saturated rings. The van der Waals surface area contributed by atoms with Gasteiger partial charge in [0.1, 0.15) is 6.29 Å². The van der Waals surface area contributed by atoms with Crippen molar-refractivity contribution in [1.82, 2.24) is 31.9 Å². The van der Waals surface area contributed by atoms with Gasteiger partial charge in [-0.15, -0.1) is 0 Å². The van der Waals surface area contributed by atoms with E-state index >= 15 is 0 Å². The van der Waals surface area contributed by atoms with E-state index in [-0.39, 0.29) is 24.3 Å². The molecule has 6 N–H and O–H groups in total. The number of methoxy groups -OCH3 is 1. The number of nitrogens with one attached hydrogen (secondary N) is 6. The Labute approximate surface area is 205 Å². The van der Waals surface area contributed by atoms with Gasteiger partial charge in [-0.05, 0) is 102 Å². The molecule has 1 amide bonds. The lowest BCUT2D eigenvalue weighted by atomic mass is 9.82. The first-order chi connectivity index (χ1) is 16.6. The Kier molecular flexibility index (Phi) is 8.44. The minimum Gasteiger partial charge on any atom is -0.381 e. The molecule has 0 radical (unpaired) electrons. The van der Waals surface area contributed by atoms with Gasteiger partial charge in [0.25, 0.3) is 0 Å². The summed E-state index contributed by atoms with van der Waals surface area (Å²) < 4.78 is 5.59. The first-order valence-electron chi connectivity index (χ1n) is 14.1. The van der Waals surface area contributed by atoms with Crippen molar-refractivity contribution < 1.29 is 9.53 Å². The van der Waals surface area contributed by atoms with Crippen LogP contribution in [0.5, 0.6) is 0 Å². The van der Waals surface area contributed by atoms with Crippen LogP contribution in [0.2, 0.25) is 0 Å². The first-order valence-corrected chi connectivity index (χ1v) is 14.1. The molecule has 3 saturated heterocycles. The fraction of sp³-hybridized carbons (Fsp3) is 0.962. The molecule has 0 bridgehead atoms. The number of rotatable bonds is 6. The van der Waals surface area contributed by atoms with Crippen molar-refractivity contribution in [3.8, 4) is 0 Å². The number of carbonyl (C=O) groups excluding carboxylic acids is 1. The molecule has 0 aromatic heterocycles. The second-order valence-electron chi connectivity index (χ2n) is 11.8. The Bertz CT molecular complexity index is 674. The summed E-state index contributed by atoms with van der Waals surface area (Å²) in [7, 11) is 1.82. The monoisotopic (exact) mass is 476 g/mol. The van der Waals surface area contributed by atoms with Gasteiger partial charge in [-0.25, -0.2) is 0 Å². The molecule has 0 spiro atoms. The summed E-state index contributed by atoms with van der Waals surface area (Å²) in [5.41, 5.74) is 0. The van der Waals surface area contributed by atoms with Gasteiger partial charge in [0, 0.05) is 31.3 Å². The summed E-state index contributed by atoms with van der Waals surface area (Å²) in [6.45, 7) is 5.73. The van der Waals surface area contributed by atoms with Crippen LogP contribution in [0.1, 0.15) is 71.1 Å². The van der Waals surface area contributed by atoms with Crippen molar-refractivity contribution >= 4 is 5.91 Å². The smallest absolute Gasteiger partial charge is 0.237 e. The van der Waals surface area contributed by atoms with Crippen molar-refractivity contribution in [1.29, 1.82) is 0 Å². The van der Waals surface area contributed by atoms with E-state index in [1.165, 1.54) is 25.8 Å². The third-order valence-corrected chi connectivity index (χ3v) is 9.55. The zero-order valence-electron chi connectivity index (χ0n) is 21.3. The highest BCUT2D eigenvalue weighted by Gasteiger charge is 2.42. The van der Waals surface area contributed by atoms with E-state index in [4.69, 9.17) is 4.74 Å². The lowest BCUT2D eigenvalue weighted by Gasteiger charge is -2.42. The molecule has 3 heterocycles. The summed E-state index contributed by atoms with van der Waals surface area (Å²) in [6, 6.07) is 1.70. The van der Waals surface area contributed by atoms with E-state index in [9.17, 15) is 4.79 Å². The molecule has 10 unspecified atom stereocenters. The van der Waals surface area contributed by atoms with Gasteiger partial charge in [0.15, 0.2) is 0 Å². The number of ether oxygens (including phenoxy) is 1. The topological polar surface area (TPSA) is 98.5 Å². The molecule has 5 aliphatic rings. The predicted molar refractivity (Wildman–Crippen MR) is 134 cm³/mol. The van der Waals surface area contributed by atoms with Crippen LogP contribution in [-0.4, -0.2) is 75.3 Å². The molecule has 0 aromatic carbocycles. The van der Waals surface area contributed by atoms with Crippen LogP contribution in [0, 0.1) is 17.8 Å². The first kappa shape index (κ1) is 24.9. The predicted octanol–water partition coefficient (Wildman–Crippen LogP) is 1.03. The van der Waals surface area contributed by atoms with Crippen molar-refractivity contribution in [2.24, 2.45) is 17.8 Å². The lowest BCUT2D eigenvalue weighted by molar-refractivity contribution is -0.124. The fourth-order valence-electron chi connectivity index (χ4n) is 7.37. The molecule has 3 aliphatic heterocycles. The van der Waals surface area contributed by atoms with Crippen molar-refractivity contribution in [3.63, 3.8) is 0 Å². The quantitative estimate of drug-likeness (QED) is 0.341. The second kappa shape index (κ2) is 11.5. The molecule has 194 valence electrons. The van der Waals surface area contributed by atoms with E-state index in [2.05, 4.69) is 38.8 Å². The summed E-state index contributed by atoms with van der Waals surface area (Å²) >= 11 is 0. The van der Waals surface area contributed by atoms with Crippen LogP contribution in [0.3, 0.4) is 0 Å². The van der Waals surface area contributed by atoms with Crippen molar-refractivity contribution in [2.45, 2.75) is 114 Å². The van der Waals surface area contributed by atoms with Gasteiger partial charge >= 0.3 is 0 Å². The number of carbonyl (C=O) groups is 1. The number of fused-ring (bicyclic) bond motifs is 1. The summed E-state index contributed by atoms with van der Waals surface area (Å²) in [6.07, 6.45) is 11.9. The molecule has 2 saturated carbocycles. The van der Waals surface area contributed by atoms with Crippen LogP contribution >= 0.6 is 0 Å². The maximum absolute atomic E-state index is 13.1. The third-order valence-electron chi connectivity index (χ3n) is 9.55. The minimum absolute atomic E-state index is 0.0390. The Morgan fingerprint density at radius 3 is 2.62 bits per heavy atom. The Balaban J connectivity index is 1.10. The van der Waals surface area contributed by atoms with Crippen molar-refractivity contribution in [2.75, 3.05) is 26.7 Å². The maximum atomic E-state index is 13.1. The molecular formula is C26H48N6O2. The van der Waals surface area contributed by atoms with Crippen LogP contribution in [0.4, 0.5) is 0 Å². The second-order valence-corrected chi connectivity index (χ2v) is 11.8. The van der Waals surface area contributed by atoms with Crippen LogP contribution < -0.4 is 31.9 Å². The van der Waals surface area contributed by atoms with Gasteiger partial charge in [0.05, 0.1) is 12.1 Å². The van der Waals surface area contributed by atoms with E-state index < -0.39 is 0 Å². The van der Waals surface area contributed by atoms with E-state index in [0.717, 1.165) is 64.0 Å². The average Bonchev–Trinajstić information content (AvgIpc) is 3.30. The zero-order chi connectivity index (χ0) is 23.5. The van der Waals surface area contributed by atoms with Gasteiger partial charge in [-0.2, -0.15) is 0 Å². The van der Waals surface area contributed by atoms with Crippen LogP contribution in [-0.2, 0) is 9.53 Å². The SMILES string of the molecule is COC1CCC2NC(C(=O)NC3CCC(C)C(NC4NCCC(C5CCCNC5)N4)C3)CC2C1. The van der Waals surface area contributed by atoms with E-state index in [0.29, 0.717) is 36.1 Å². The maximum Gasteiger partial charge on any atom is 0.237 e. The summed E-state index contributed by atoms with van der Waals surface area (Å²) in [5.74, 6) is 2.14. The Morgan fingerprint density at radius 2 is 1.79 bits per heavy atom. The summed E-state index contributed by atoms with van der Waals surface area (Å²) in [5, 5.41) is 22.0. The van der Waals surface area contributed by atoms with Crippen molar-refractivity contribution in [3.05, 3.63) is 0 Å². The molecule has 34 heavy (non-hydrogen) atoms. The van der Waals surface area contributed by atoms with E-state index in [1.807, 2.05) is 7.11 Å². The third kappa shape index (κ3) is 5.95. The van der Waals surface area contributed by atoms with Crippen LogP contribution in [0.25, 0.3) is 0 Å². The lowest BCUT2D eigenvalue weighted by Crippen LogP contribution is -2.66. The van der Waals surface area contributed by atoms with Crippen LogP contribution in [0.15, 0.2) is 0 Å². The Morgan fingerprint density at radius 1 is 0.912 bits per heavy atom. The van der Waals surface area contributed by atoms with E-state index in [1.54, 1.807) is 0 Å². The highest BCUT2D eigenvalue weighted by atomic mass is 16.5. The standard InChI is InChI=1S/C26H48N6O2/c1-16-5-6-19(29-25(33)24-13-18-12-20(34-2)7-8-21(18)30-24)14-23(16)32-26-28-11-9-22(31-26)17-4-3-10-27-15-17/h16-24,26-28,30-32H,3-15H2,1-2H3,(H,29,33). The largest absolute Gasteiger partial charge is 0.381 e.